The molecule has 176 valence electrons. The van der Waals surface area contributed by atoms with Crippen LogP contribution in [-0.4, -0.2) is 11.8 Å². The second-order valence-corrected chi connectivity index (χ2v) is 10.2. The Balaban J connectivity index is 1.47. The summed E-state index contributed by atoms with van der Waals surface area (Å²) in [5.74, 6) is 0.189. The molecule has 0 spiro atoms. The summed E-state index contributed by atoms with van der Waals surface area (Å²) in [6.07, 6.45) is 5.47. The van der Waals surface area contributed by atoms with Gasteiger partial charge in [0.2, 0.25) is 11.8 Å². The second-order valence-electron chi connectivity index (χ2n) is 8.99. The first kappa shape index (κ1) is 24.1. The van der Waals surface area contributed by atoms with E-state index in [1.54, 1.807) is 0 Å². The Hall–Kier alpha value is -3.05. The molecular formula is C29H32N2O2S. The first-order valence-electron chi connectivity index (χ1n) is 12.0. The van der Waals surface area contributed by atoms with Gasteiger partial charge in [0, 0.05) is 22.2 Å². The van der Waals surface area contributed by atoms with E-state index in [4.69, 9.17) is 0 Å². The third-order valence-corrected chi connectivity index (χ3v) is 7.82. The number of rotatable bonds is 7. The van der Waals surface area contributed by atoms with E-state index in [2.05, 4.69) is 10.6 Å². The quantitative estimate of drug-likeness (QED) is 0.355. The van der Waals surface area contributed by atoms with Crippen molar-refractivity contribution in [3.05, 3.63) is 89.5 Å². The monoisotopic (exact) mass is 472 g/mol. The third kappa shape index (κ3) is 6.09. The van der Waals surface area contributed by atoms with Gasteiger partial charge in [-0.3, -0.25) is 9.59 Å². The molecule has 1 aliphatic rings. The lowest BCUT2D eigenvalue weighted by atomic mass is 9.88. The molecule has 0 radical (unpaired) electrons. The van der Waals surface area contributed by atoms with Crippen LogP contribution in [0.2, 0.25) is 0 Å². The van der Waals surface area contributed by atoms with E-state index in [9.17, 15) is 9.59 Å². The van der Waals surface area contributed by atoms with Gasteiger partial charge in [-0.15, -0.1) is 11.8 Å². The van der Waals surface area contributed by atoms with Gasteiger partial charge in [0.25, 0.3) is 0 Å². The molecule has 4 nitrogen and oxygen atoms in total. The highest BCUT2D eigenvalue weighted by atomic mass is 32.2. The normalized spacial score (nSPS) is 14.9. The van der Waals surface area contributed by atoms with E-state index in [0.717, 1.165) is 58.6 Å². The first-order chi connectivity index (χ1) is 16.5. The standard InChI is InChI=1S/C29H32N2O2S/c1-20-10-9-15-26(21(20)2)31-29(33)27(22-11-5-3-6-12-22)34-25-18-16-24(17-19-25)30-28(32)23-13-7-4-8-14-23/h3,5-6,9-12,15-19,23,27H,4,7-8,13-14H2,1-2H3,(H,30,32)(H,31,33). The Morgan fingerprint density at radius 3 is 2.24 bits per heavy atom. The van der Waals surface area contributed by atoms with Crippen molar-refractivity contribution >= 4 is 35.0 Å². The highest BCUT2D eigenvalue weighted by Crippen LogP contribution is 2.37. The summed E-state index contributed by atoms with van der Waals surface area (Å²) in [5.41, 5.74) is 4.81. The maximum atomic E-state index is 13.4. The molecule has 1 unspecified atom stereocenters. The number of benzene rings is 3. The summed E-state index contributed by atoms with van der Waals surface area (Å²) in [7, 11) is 0. The number of nitrogens with one attached hydrogen (secondary N) is 2. The molecule has 0 heterocycles. The van der Waals surface area contributed by atoms with Crippen LogP contribution in [0.25, 0.3) is 0 Å². The molecule has 1 fully saturated rings. The van der Waals surface area contributed by atoms with E-state index in [1.165, 1.54) is 18.2 Å². The molecule has 3 aromatic carbocycles. The lowest BCUT2D eigenvalue weighted by molar-refractivity contribution is -0.120. The lowest BCUT2D eigenvalue weighted by Crippen LogP contribution is -2.24. The fraction of sp³-hybridized carbons (Fsp3) is 0.310. The second kappa shape index (κ2) is 11.4. The van der Waals surface area contributed by atoms with E-state index in [-0.39, 0.29) is 17.7 Å². The van der Waals surface area contributed by atoms with E-state index in [1.807, 2.05) is 86.6 Å². The minimum atomic E-state index is -0.399. The van der Waals surface area contributed by atoms with Gasteiger partial charge in [-0.25, -0.2) is 0 Å². The molecule has 0 aromatic heterocycles. The van der Waals surface area contributed by atoms with Crippen LogP contribution in [0.5, 0.6) is 0 Å². The van der Waals surface area contributed by atoms with Crippen LogP contribution in [-0.2, 0) is 9.59 Å². The first-order valence-corrected chi connectivity index (χ1v) is 12.9. The summed E-state index contributed by atoms with van der Waals surface area (Å²) in [4.78, 5) is 26.9. The molecule has 0 saturated heterocycles. The zero-order chi connectivity index (χ0) is 23.9. The van der Waals surface area contributed by atoms with Crippen molar-refractivity contribution in [2.45, 2.75) is 56.1 Å². The van der Waals surface area contributed by atoms with Crippen LogP contribution >= 0.6 is 11.8 Å². The van der Waals surface area contributed by atoms with Gasteiger partial charge < -0.3 is 10.6 Å². The summed E-state index contributed by atoms with van der Waals surface area (Å²) in [5, 5.41) is 5.79. The Labute approximate surface area is 206 Å². The number of hydrogen-bond donors (Lipinski definition) is 2. The summed E-state index contributed by atoms with van der Waals surface area (Å²) in [6, 6.07) is 23.6. The molecule has 1 aliphatic carbocycles. The maximum absolute atomic E-state index is 13.4. The fourth-order valence-electron chi connectivity index (χ4n) is 4.35. The maximum Gasteiger partial charge on any atom is 0.242 e. The average Bonchev–Trinajstić information content (AvgIpc) is 2.87. The van der Waals surface area contributed by atoms with Gasteiger partial charge in [-0.2, -0.15) is 0 Å². The van der Waals surface area contributed by atoms with Gasteiger partial charge in [0.15, 0.2) is 0 Å². The molecular weight excluding hydrogens is 440 g/mol. The van der Waals surface area contributed by atoms with Crippen molar-refractivity contribution in [3.63, 3.8) is 0 Å². The molecule has 1 saturated carbocycles. The number of aryl methyl sites for hydroxylation is 1. The number of carbonyl (C=O) groups is 2. The summed E-state index contributed by atoms with van der Waals surface area (Å²) in [6.45, 7) is 4.07. The number of hydrogen-bond acceptors (Lipinski definition) is 3. The van der Waals surface area contributed by atoms with Gasteiger partial charge in [-0.05, 0) is 73.7 Å². The van der Waals surface area contributed by atoms with Crippen molar-refractivity contribution in [1.29, 1.82) is 0 Å². The highest BCUT2D eigenvalue weighted by molar-refractivity contribution is 8.00. The van der Waals surface area contributed by atoms with Crippen molar-refractivity contribution in [3.8, 4) is 0 Å². The van der Waals surface area contributed by atoms with Crippen molar-refractivity contribution in [2.24, 2.45) is 5.92 Å². The van der Waals surface area contributed by atoms with Gasteiger partial charge in [-0.1, -0.05) is 61.7 Å². The third-order valence-electron chi connectivity index (χ3n) is 6.55. The van der Waals surface area contributed by atoms with Crippen molar-refractivity contribution in [1.82, 2.24) is 0 Å². The van der Waals surface area contributed by atoms with Crippen LogP contribution in [0.3, 0.4) is 0 Å². The summed E-state index contributed by atoms with van der Waals surface area (Å²) >= 11 is 1.51. The minimum Gasteiger partial charge on any atom is -0.326 e. The minimum absolute atomic E-state index is 0.0559. The van der Waals surface area contributed by atoms with Crippen molar-refractivity contribution < 1.29 is 9.59 Å². The molecule has 5 heteroatoms. The smallest absolute Gasteiger partial charge is 0.242 e. The Kier molecular flexibility index (Phi) is 8.07. The number of carbonyl (C=O) groups excluding carboxylic acids is 2. The van der Waals surface area contributed by atoms with Crippen molar-refractivity contribution in [2.75, 3.05) is 10.6 Å². The number of thioether (sulfide) groups is 1. The molecule has 4 rings (SSSR count). The molecule has 1 atom stereocenters. The molecule has 2 N–H and O–H groups in total. The largest absolute Gasteiger partial charge is 0.326 e. The zero-order valence-corrected chi connectivity index (χ0v) is 20.7. The molecule has 0 aliphatic heterocycles. The van der Waals surface area contributed by atoms with Crippen LogP contribution < -0.4 is 10.6 Å². The Morgan fingerprint density at radius 2 is 1.53 bits per heavy atom. The van der Waals surface area contributed by atoms with E-state index in [0.29, 0.717) is 0 Å². The molecule has 0 bridgehead atoms. The SMILES string of the molecule is Cc1cccc(NC(=O)C(Sc2ccc(NC(=O)C3CCCCC3)cc2)c2ccccc2)c1C. The summed E-state index contributed by atoms with van der Waals surface area (Å²) < 4.78 is 0. The van der Waals surface area contributed by atoms with E-state index < -0.39 is 5.25 Å². The Morgan fingerprint density at radius 1 is 0.824 bits per heavy atom. The van der Waals surface area contributed by atoms with E-state index >= 15 is 0 Å². The predicted molar refractivity (Wildman–Crippen MR) is 141 cm³/mol. The average molecular weight is 473 g/mol. The van der Waals surface area contributed by atoms with Crippen LogP contribution in [0.15, 0.2) is 77.7 Å². The number of anilines is 2. The van der Waals surface area contributed by atoms with Gasteiger partial charge >= 0.3 is 0 Å². The molecule has 3 aromatic rings. The van der Waals surface area contributed by atoms with Crippen LogP contribution in [0, 0.1) is 19.8 Å². The molecule has 34 heavy (non-hydrogen) atoms. The highest BCUT2D eigenvalue weighted by Gasteiger charge is 2.24. The van der Waals surface area contributed by atoms with Crippen LogP contribution in [0.1, 0.15) is 54.0 Å². The predicted octanol–water partition coefficient (Wildman–Crippen LogP) is 7.29. The van der Waals surface area contributed by atoms with Gasteiger partial charge in [0.05, 0.1) is 0 Å². The fourth-order valence-corrected chi connectivity index (χ4v) is 5.37. The number of amides is 2. The lowest BCUT2D eigenvalue weighted by Gasteiger charge is -2.21. The van der Waals surface area contributed by atoms with Gasteiger partial charge in [0.1, 0.15) is 5.25 Å². The molecule has 2 amide bonds. The Bertz CT molecular complexity index is 1120. The zero-order valence-electron chi connectivity index (χ0n) is 19.8. The topological polar surface area (TPSA) is 58.2 Å². The van der Waals surface area contributed by atoms with Crippen LogP contribution in [0.4, 0.5) is 11.4 Å².